The van der Waals surface area contributed by atoms with Gasteiger partial charge in [0.25, 0.3) is 0 Å². The number of methoxy groups -OCH3 is 1. The van der Waals surface area contributed by atoms with Crippen LogP contribution in [-0.4, -0.2) is 69.2 Å². The topological polar surface area (TPSA) is 88.2 Å². The SMILES string of the molecule is COC(=O)Nc1ccc(C(C)=O)cc1.O=C1CC(CN2CCN(c3ccccc3)CC2)CO1. The number of ether oxygens (including phenoxy) is 2. The van der Waals surface area contributed by atoms with Crippen LogP contribution in [-0.2, 0) is 14.3 Å². The molecular formula is C25H31N3O5. The predicted octanol–water partition coefficient (Wildman–Crippen LogP) is 3.44. The van der Waals surface area contributed by atoms with Crippen molar-refractivity contribution in [1.82, 2.24) is 4.90 Å². The Labute approximate surface area is 194 Å². The van der Waals surface area contributed by atoms with Crippen LogP contribution in [0.5, 0.6) is 0 Å². The molecule has 8 nitrogen and oxygen atoms in total. The molecule has 0 bridgehead atoms. The van der Waals surface area contributed by atoms with Crippen LogP contribution in [0.4, 0.5) is 16.2 Å². The Hall–Kier alpha value is -3.39. The highest BCUT2D eigenvalue weighted by molar-refractivity contribution is 5.94. The van der Waals surface area contributed by atoms with Crippen molar-refractivity contribution in [3.05, 3.63) is 60.2 Å². The fraction of sp³-hybridized carbons (Fsp3) is 0.400. The van der Waals surface area contributed by atoms with E-state index in [-0.39, 0.29) is 11.8 Å². The quantitative estimate of drug-likeness (QED) is 0.548. The van der Waals surface area contributed by atoms with Gasteiger partial charge in [-0.15, -0.1) is 0 Å². The average molecular weight is 454 g/mol. The molecule has 2 heterocycles. The van der Waals surface area contributed by atoms with Crippen molar-refractivity contribution in [3.8, 4) is 0 Å². The van der Waals surface area contributed by atoms with Crippen LogP contribution in [0.15, 0.2) is 54.6 Å². The number of hydrogen-bond acceptors (Lipinski definition) is 7. The zero-order chi connectivity index (χ0) is 23.6. The van der Waals surface area contributed by atoms with Crippen LogP contribution in [0.3, 0.4) is 0 Å². The lowest BCUT2D eigenvalue weighted by atomic mass is 10.1. The summed E-state index contributed by atoms with van der Waals surface area (Å²) in [4.78, 5) is 37.7. The van der Waals surface area contributed by atoms with Gasteiger partial charge in [-0.25, -0.2) is 4.79 Å². The number of cyclic esters (lactones) is 1. The van der Waals surface area contributed by atoms with Gasteiger partial charge in [-0.2, -0.15) is 0 Å². The van der Waals surface area contributed by atoms with Crippen LogP contribution in [0.2, 0.25) is 0 Å². The first-order valence-corrected chi connectivity index (χ1v) is 11.1. The summed E-state index contributed by atoms with van der Waals surface area (Å²) in [6, 6.07) is 17.1. The fourth-order valence-corrected chi connectivity index (χ4v) is 3.83. The third-order valence-electron chi connectivity index (χ3n) is 5.67. The maximum absolute atomic E-state index is 11.1. The van der Waals surface area contributed by atoms with E-state index in [9.17, 15) is 14.4 Å². The smallest absolute Gasteiger partial charge is 0.411 e. The number of carbonyl (C=O) groups excluding carboxylic acids is 3. The number of rotatable bonds is 5. The largest absolute Gasteiger partial charge is 0.465 e. The van der Waals surface area contributed by atoms with E-state index in [0.29, 0.717) is 30.2 Å². The lowest BCUT2D eigenvalue weighted by Crippen LogP contribution is -2.47. The van der Waals surface area contributed by atoms with Gasteiger partial charge in [0.15, 0.2) is 5.78 Å². The highest BCUT2D eigenvalue weighted by Gasteiger charge is 2.27. The zero-order valence-electron chi connectivity index (χ0n) is 19.2. The summed E-state index contributed by atoms with van der Waals surface area (Å²) in [7, 11) is 1.29. The molecular weight excluding hydrogens is 422 g/mol. The molecule has 1 atom stereocenters. The van der Waals surface area contributed by atoms with E-state index in [1.54, 1.807) is 24.3 Å². The Morgan fingerprint density at radius 2 is 1.70 bits per heavy atom. The summed E-state index contributed by atoms with van der Waals surface area (Å²) in [5.41, 5.74) is 2.52. The monoisotopic (exact) mass is 453 g/mol. The second-order valence-corrected chi connectivity index (χ2v) is 8.13. The highest BCUT2D eigenvalue weighted by Crippen LogP contribution is 2.19. The molecule has 1 amide bonds. The maximum Gasteiger partial charge on any atom is 0.411 e. The molecule has 33 heavy (non-hydrogen) atoms. The molecule has 0 radical (unpaired) electrons. The van der Waals surface area contributed by atoms with Crippen LogP contribution in [0.1, 0.15) is 23.7 Å². The summed E-state index contributed by atoms with van der Waals surface area (Å²) >= 11 is 0. The summed E-state index contributed by atoms with van der Waals surface area (Å²) in [6.07, 6.45) is 0.0689. The van der Waals surface area contributed by atoms with Gasteiger partial charge in [-0.1, -0.05) is 18.2 Å². The molecule has 2 aliphatic heterocycles. The van der Waals surface area contributed by atoms with E-state index in [2.05, 4.69) is 50.2 Å². The second-order valence-electron chi connectivity index (χ2n) is 8.13. The van der Waals surface area contributed by atoms with Gasteiger partial charge in [-0.3, -0.25) is 19.8 Å². The van der Waals surface area contributed by atoms with E-state index in [4.69, 9.17) is 4.74 Å². The highest BCUT2D eigenvalue weighted by atomic mass is 16.5. The first-order chi connectivity index (χ1) is 15.9. The van der Waals surface area contributed by atoms with Crippen molar-refractivity contribution < 1.29 is 23.9 Å². The molecule has 2 saturated heterocycles. The van der Waals surface area contributed by atoms with E-state index in [1.165, 1.54) is 19.7 Å². The summed E-state index contributed by atoms with van der Waals surface area (Å²) in [5, 5.41) is 2.49. The van der Waals surface area contributed by atoms with Crippen LogP contribution >= 0.6 is 0 Å². The Balaban J connectivity index is 0.000000196. The molecule has 1 N–H and O–H groups in total. The fourth-order valence-electron chi connectivity index (χ4n) is 3.83. The molecule has 0 aromatic heterocycles. The van der Waals surface area contributed by atoms with Crippen molar-refractivity contribution in [1.29, 1.82) is 0 Å². The molecule has 8 heteroatoms. The third kappa shape index (κ3) is 7.61. The van der Waals surface area contributed by atoms with Crippen molar-refractivity contribution in [2.45, 2.75) is 13.3 Å². The first-order valence-electron chi connectivity index (χ1n) is 11.1. The molecule has 2 aromatic rings. The normalized spacial score (nSPS) is 18.1. The number of anilines is 2. The Bertz CT molecular complexity index is 925. The number of nitrogens with one attached hydrogen (secondary N) is 1. The molecule has 1 unspecified atom stereocenters. The van der Waals surface area contributed by atoms with E-state index < -0.39 is 6.09 Å². The van der Waals surface area contributed by atoms with Crippen molar-refractivity contribution in [2.75, 3.05) is 56.7 Å². The number of Topliss-reactive ketones (excluding diaryl/α,β-unsaturated/α-hetero) is 1. The number of para-hydroxylation sites is 1. The number of esters is 1. The number of hydrogen-bond donors (Lipinski definition) is 1. The van der Waals surface area contributed by atoms with Crippen molar-refractivity contribution in [3.63, 3.8) is 0 Å². The zero-order valence-corrected chi connectivity index (χ0v) is 19.2. The van der Waals surface area contributed by atoms with Gasteiger partial charge < -0.3 is 14.4 Å². The van der Waals surface area contributed by atoms with Crippen molar-refractivity contribution >= 4 is 29.2 Å². The van der Waals surface area contributed by atoms with Gasteiger partial charge in [0.1, 0.15) is 0 Å². The molecule has 2 aromatic carbocycles. The minimum absolute atomic E-state index is 0.00498. The van der Waals surface area contributed by atoms with Gasteiger partial charge in [0, 0.05) is 55.6 Å². The van der Waals surface area contributed by atoms with Crippen molar-refractivity contribution in [2.24, 2.45) is 5.92 Å². The molecule has 4 rings (SSSR count). The average Bonchev–Trinajstić information content (AvgIpc) is 3.25. The number of benzene rings is 2. The van der Waals surface area contributed by atoms with E-state index >= 15 is 0 Å². The molecule has 2 fully saturated rings. The van der Waals surface area contributed by atoms with E-state index in [0.717, 1.165) is 32.7 Å². The first kappa shape index (κ1) is 24.3. The van der Waals surface area contributed by atoms with Gasteiger partial charge in [-0.05, 0) is 43.3 Å². The molecule has 2 aliphatic rings. The number of nitrogens with zero attached hydrogens (tertiary/aromatic N) is 2. The van der Waals surface area contributed by atoms with Gasteiger partial charge in [0.2, 0.25) is 0 Å². The number of ketones is 1. The predicted molar refractivity (Wildman–Crippen MR) is 127 cm³/mol. The molecule has 0 saturated carbocycles. The molecule has 0 aliphatic carbocycles. The summed E-state index contributed by atoms with van der Waals surface area (Å²) in [5.74, 6) is 0.360. The van der Waals surface area contributed by atoms with E-state index in [1.807, 2.05) is 0 Å². The number of piperazine rings is 1. The Kier molecular flexibility index (Phi) is 8.83. The van der Waals surface area contributed by atoms with Gasteiger partial charge >= 0.3 is 12.1 Å². The second kappa shape index (κ2) is 12.0. The molecule has 176 valence electrons. The lowest BCUT2D eigenvalue weighted by molar-refractivity contribution is -0.137. The Morgan fingerprint density at radius 3 is 2.24 bits per heavy atom. The van der Waals surface area contributed by atoms with Crippen LogP contribution < -0.4 is 10.2 Å². The molecule has 0 spiro atoms. The Morgan fingerprint density at radius 1 is 1.03 bits per heavy atom. The minimum Gasteiger partial charge on any atom is -0.465 e. The number of carbonyl (C=O) groups is 3. The summed E-state index contributed by atoms with van der Waals surface area (Å²) < 4.78 is 9.44. The van der Waals surface area contributed by atoms with Crippen LogP contribution in [0.25, 0.3) is 0 Å². The number of amides is 1. The maximum atomic E-state index is 11.1. The third-order valence-corrected chi connectivity index (χ3v) is 5.67. The van der Waals surface area contributed by atoms with Crippen LogP contribution in [0, 0.1) is 5.92 Å². The minimum atomic E-state index is -0.527. The standard InChI is InChI=1S/C15H20N2O2.C10H11NO3/c18-15-10-13(12-19-15)11-16-6-8-17(9-7-16)14-4-2-1-3-5-14;1-7(12)8-3-5-9(6-4-8)11-10(13)14-2/h1-5,13H,6-12H2;3-6H,1-2H3,(H,11,13). The van der Waals surface area contributed by atoms with Gasteiger partial charge in [0.05, 0.1) is 20.1 Å². The lowest BCUT2D eigenvalue weighted by Gasteiger charge is -2.36. The summed E-state index contributed by atoms with van der Waals surface area (Å²) in [6.45, 7) is 7.35.